The molecule has 0 aromatic heterocycles. The molecular weight excluding hydrogens is 208 g/mol. The molecule has 0 radical (unpaired) electrons. The van der Waals surface area contributed by atoms with Crippen LogP contribution in [0.2, 0.25) is 0 Å². The Kier molecular flexibility index (Phi) is 6.73. The Morgan fingerprint density at radius 2 is 1.93 bits per heavy atom. The van der Waals surface area contributed by atoms with Gasteiger partial charge in [-0.15, -0.1) is 0 Å². The van der Waals surface area contributed by atoms with Gasteiger partial charge in [-0.3, -0.25) is 0 Å². The second-order valence-corrected chi connectivity index (χ2v) is 8.80. The minimum absolute atomic E-state index is 0.265. The Morgan fingerprint density at radius 1 is 1.33 bits per heavy atom. The van der Waals surface area contributed by atoms with Gasteiger partial charge in [0.1, 0.15) is 0 Å². The van der Waals surface area contributed by atoms with Gasteiger partial charge >= 0.3 is 5.97 Å². The second-order valence-electron chi connectivity index (χ2n) is 4.45. The van der Waals surface area contributed by atoms with E-state index in [0.29, 0.717) is 12.2 Å². The summed E-state index contributed by atoms with van der Waals surface area (Å²) in [6.45, 7) is 7.97. The molecule has 0 saturated carbocycles. The molecule has 0 aromatic carbocycles. The van der Waals surface area contributed by atoms with E-state index in [0.717, 1.165) is 6.42 Å². The van der Waals surface area contributed by atoms with E-state index in [1.54, 1.807) is 6.92 Å². The van der Waals surface area contributed by atoms with Crippen molar-refractivity contribution in [1.29, 1.82) is 0 Å². The second kappa shape index (κ2) is 6.94. The molecule has 90 valence electrons. The normalized spacial score (nSPS) is 12.3. The number of ether oxygens (including phenoxy) is 1. The van der Waals surface area contributed by atoms with Crippen molar-refractivity contribution in [3.05, 3.63) is 12.2 Å². The maximum absolute atomic E-state index is 11.1. The summed E-state index contributed by atoms with van der Waals surface area (Å²) >= 11 is 0. The van der Waals surface area contributed by atoms with Crippen LogP contribution in [-0.2, 0) is 9.53 Å². The molecule has 0 spiro atoms. The van der Waals surface area contributed by atoms with Crippen molar-refractivity contribution in [2.75, 3.05) is 30.6 Å². The van der Waals surface area contributed by atoms with Gasteiger partial charge in [-0.25, -0.2) is 14.8 Å². The summed E-state index contributed by atoms with van der Waals surface area (Å²) in [6.07, 6.45) is 6.91. The number of hydrogen-bond donors (Lipinski definition) is 0. The van der Waals surface area contributed by atoms with Gasteiger partial charge in [0.15, 0.2) is 0 Å². The van der Waals surface area contributed by atoms with Crippen LogP contribution >= 0.6 is 10.0 Å². The highest BCUT2D eigenvalue weighted by molar-refractivity contribution is 8.32. The number of hydrogen-bond acceptors (Lipinski definition) is 2. The molecular formula is C12H24O2S. The van der Waals surface area contributed by atoms with Gasteiger partial charge in [0.05, 0.1) is 6.61 Å². The quantitative estimate of drug-likeness (QED) is 0.383. The molecule has 3 heteroatoms. The van der Waals surface area contributed by atoms with Crippen LogP contribution in [0.4, 0.5) is 0 Å². The zero-order valence-corrected chi connectivity index (χ0v) is 11.3. The zero-order valence-electron chi connectivity index (χ0n) is 10.5. The Morgan fingerprint density at radius 3 is 2.40 bits per heavy atom. The molecule has 0 aromatic rings. The lowest BCUT2D eigenvalue weighted by molar-refractivity contribution is -0.138. The Labute approximate surface area is 95.4 Å². The van der Waals surface area contributed by atoms with Gasteiger partial charge in [-0.05, 0) is 43.8 Å². The monoisotopic (exact) mass is 232 g/mol. The molecule has 0 aliphatic carbocycles. The van der Waals surface area contributed by atoms with Crippen molar-refractivity contribution < 1.29 is 9.53 Å². The van der Waals surface area contributed by atoms with Gasteiger partial charge in [-0.1, -0.05) is 13.5 Å². The minimum Gasteiger partial charge on any atom is -0.462 e. The Hall–Kier alpha value is -0.440. The third-order valence-electron chi connectivity index (χ3n) is 2.18. The maximum atomic E-state index is 11.1. The molecule has 0 aliphatic rings. The number of carbonyl (C=O) groups is 1. The Balaban J connectivity index is 3.62. The standard InChI is InChI=1S/C12H24O2S/c1-6-9-15(4,5)10-7-8-14-12(13)11(2)3/h2,6-10H2,1,3-5H3. The van der Waals surface area contributed by atoms with Crippen LogP contribution < -0.4 is 0 Å². The first-order valence-corrected chi connectivity index (χ1v) is 8.19. The zero-order chi connectivity index (χ0) is 11.9. The number of esters is 1. The SMILES string of the molecule is C=C(C)C(=O)OCCCS(C)(C)CCC. The summed E-state index contributed by atoms with van der Waals surface area (Å²) in [4.78, 5) is 11.1. The molecule has 0 fully saturated rings. The summed E-state index contributed by atoms with van der Waals surface area (Å²) < 4.78 is 5.05. The van der Waals surface area contributed by atoms with Crippen molar-refractivity contribution in [3.63, 3.8) is 0 Å². The molecule has 0 bridgehead atoms. The fourth-order valence-corrected chi connectivity index (χ4v) is 3.60. The third kappa shape index (κ3) is 7.48. The van der Waals surface area contributed by atoms with Crippen molar-refractivity contribution in [2.24, 2.45) is 0 Å². The minimum atomic E-state index is -0.464. The van der Waals surface area contributed by atoms with Crippen LogP contribution in [0.25, 0.3) is 0 Å². The van der Waals surface area contributed by atoms with Gasteiger partial charge in [0, 0.05) is 5.57 Å². The molecule has 0 aliphatic heterocycles. The maximum Gasteiger partial charge on any atom is 0.333 e. The molecule has 0 rings (SSSR count). The molecule has 0 saturated heterocycles. The summed E-state index contributed by atoms with van der Waals surface area (Å²) in [5, 5.41) is 0. The van der Waals surface area contributed by atoms with Gasteiger partial charge in [-0.2, -0.15) is 0 Å². The van der Waals surface area contributed by atoms with Gasteiger partial charge in [0.25, 0.3) is 0 Å². The predicted octanol–water partition coefficient (Wildman–Crippen LogP) is 2.97. The lowest BCUT2D eigenvalue weighted by atomic mass is 10.4. The largest absolute Gasteiger partial charge is 0.462 e. The van der Waals surface area contributed by atoms with E-state index in [2.05, 4.69) is 26.0 Å². The lowest BCUT2D eigenvalue weighted by Crippen LogP contribution is -2.11. The highest BCUT2D eigenvalue weighted by Crippen LogP contribution is 2.40. The van der Waals surface area contributed by atoms with Crippen molar-refractivity contribution in [1.82, 2.24) is 0 Å². The van der Waals surface area contributed by atoms with E-state index in [4.69, 9.17) is 4.74 Å². The van der Waals surface area contributed by atoms with Crippen molar-refractivity contribution in [3.8, 4) is 0 Å². The molecule has 0 heterocycles. The highest BCUT2D eigenvalue weighted by Gasteiger charge is 2.10. The van der Waals surface area contributed by atoms with Crippen LogP contribution in [0.1, 0.15) is 26.7 Å². The van der Waals surface area contributed by atoms with Crippen molar-refractivity contribution >= 4 is 16.0 Å². The van der Waals surface area contributed by atoms with E-state index in [1.165, 1.54) is 17.9 Å². The summed E-state index contributed by atoms with van der Waals surface area (Å²) in [5.74, 6) is 2.23. The van der Waals surface area contributed by atoms with Crippen LogP contribution in [0.15, 0.2) is 12.2 Å². The van der Waals surface area contributed by atoms with Crippen LogP contribution in [0.3, 0.4) is 0 Å². The van der Waals surface area contributed by atoms with Gasteiger partial charge < -0.3 is 4.74 Å². The number of carbonyl (C=O) groups excluding carboxylic acids is 1. The first-order valence-electron chi connectivity index (χ1n) is 5.40. The van der Waals surface area contributed by atoms with E-state index in [9.17, 15) is 4.79 Å². The molecule has 0 amide bonds. The summed E-state index contributed by atoms with van der Waals surface area (Å²) in [7, 11) is -0.464. The van der Waals surface area contributed by atoms with Crippen LogP contribution in [-0.4, -0.2) is 36.6 Å². The van der Waals surface area contributed by atoms with E-state index in [1.807, 2.05) is 0 Å². The number of rotatable bonds is 7. The van der Waals surface area contributed by atoms with Crippen LogP contribution in [0.5, 0.6) is 0 Å². The van der Waals surface area contributed by atoms with Crippen LogP contribution in [0, 0.1) is 0 Å². The third-order valence-corrected chi connectivity index (χ3v) is 5.09. The Bertz CT molecular complexity index is 222. The molecule has 2 nitrogen and oxygen atoms in total. The predicted molar refractivity (Wildman–Crippen MR) is 69.9 cm³/mol. The average molecular weight is 232 g/mol. The first kappa shape index (κ1) is 14.6. The van der Waals surface area contributed by atoms with E-state index in [-0.39, 0.29) is 5.97 Å². The molecule has 0 N–H and O–H groups in total. The fourth-order valence-electron chi connectivity index (χ4n) is 1.39. The smallest absolute Gasteiger partial charge is 0.333 e. The van der Waals surface area contributed by atoms with E-state index < -0.39 is 10.0 Å². The molecule has 0 unspecified atom stereocenters. The highest BCUT2D eigenvalue weighted by atomic mass is 32.3. The van der Waals surface area contributed by atoms with Crippen molar-refractivity contribution in [2.45, 2.75) is 26.7 Å². The fraction of sp³-hybridized carbons (Fsp3) is 0.750. The summed E-state index contributed by atoms with van der Waals surface area (Å²) in [5.41, 5.74) is 0.482. The first-order chi connectivity index (χ1) is 6.89. The topological polar surface area (TPSA) is 26.3 Å². The summed E-state index contributed by atoms with van der Waals surface area (Å²) in [6, 6.07) is 0. The molecule has 15 heavy (non-hydrogen) atoms. The van der Waals surface area contributed by atoms with E-state index >= 15 is 0 Å². The average Bonchev–Trinajstić information content (AvgIpc) is 2.11. The lowest BCUT2D eigenvalue weighted by Gasteiger charge is -2.30. The van der Waals surface area contributed by atoms with Gasteiger partial charge in [0.2, 0.25) is 0 Å². The molecule has 0 atom stereocenters.